The summed E-state index contributed by atoms with van der Waals surface area (Å²) < 4.78 is 32.0. The van der Waals surface area contributed by atoms with Crippen molar-refractivity contribution in [1.29, 1.82) is 0 Å². The molecule has 0 aromatic heterocycles. The quantitative estimate of drug-likeness (QED) is 0.706. The molecular formula is C25H28F2N2O3. The molecule has 2 atom stereocenters. The van der Waals surface area contributed by atoms with Crippen molar-refractivity contribution < 1.29 is 23.1 Å². The van der Waals surface area contributed by atoms with Crippen molar-refractivity contribution in [2.45, 2.75) is 50.0 Å². The molecule has 0 radical (unpaired) electrons. The summed E-state index contributed by atoms with van der Waals surface area (Å²) in [7, 11) is 1.42. The summed E-state index contributed by atoms with van der Waals surface area (Å²) in [6.07, 6.45) is 3.28. The van der Waals surface area contributed by atoms with Crippen LogP contribution in [0.25, 0.3) is 0 Å². The monoisotopic (exact) mass is 442 g/mol. The molecule has 0 saturated carbocycles. The lowest BCUT2D eigenvalue weighted by Gasteiger charge is -2.30. The van der Waals surface area contributed by atoms with E-state index >= 15 is 0 Å². The Morgan fingerprint density at radius 1 is 1.22 bits per heavy atom. The summed E-state index contributed by atoms with van der Waals surface area (Å²) in [4.78, 5) is 26.8. The number of amides is 2. The molecule has 2 amide bonds. The molecule has 2 heterocycles. The Labute approximate surface area is 186 Å². The van der Waals surface area contributed by atoms with Gasteiger partial charge in [-0.05, 0) is 61.1 Å². The van der Waals surface area contributed by atoms with Gasteiger partial charge in [0.2, 0.25) is 11.8 Å². The van der Waals surface area contributed by atoms with Crippen LogP contribution in [0.5, 0.6) is 5.75 Å². The Morgan fingerprint density at radius 2 is 2.00 bits per heavy atom. The van der Waals surface area contributed by atoms with Crippen LogP contribution in [0.1, 0.15) is 49.1 Å². The highest BCUT2D eigenvalue weighted by molar-refractivity contribution is 5.80. The molecule has 2 aliphatic rings. The first kappa shape index (κ1) is 22.2. The molecule has 5 nitrogen and oxygen atoms in total. The first-order chi connectivity index (χ1) is 15.4. The summed E-state index contributed by atoms with van der Waals surface area (Å²) in [5, 5.41) is 3.07. The molecule has 170 valence electrons. The molecule has 2 fully saturated rings. The van der Waals surface area contributed by atoms with Crippen molar-refractivity contribution in [3.63, 3.8) is 0 Å². The van der Waals surface area contributed by atoms with Crippen LogP contribution in [0, 0.1) is 11.6 Å². The molecule has 1 N–H and O–H groups in total. The molecule has 7 heteroatoms. The fourth-order valence-corrected chi connectivity index (χ4v) is 4.89. The number of hydrogen-bond donors (Lipinski definition) is 1. The molecule has 2 aliphatic heterocycles. The maximum absolute atomic E-state index is 13.8. The minimum absolute atomic E-state index is 0.0240. The van der Waals surface area contributed by atoms with Crippen LogP contribution in [0.4, 0.5) is 8.78 Å². The summed E-state index contributed by atoms with van der Waals surface area (Å²) in [5.74, 6) is -0.271. The van der Waals surface area contributed by atoms with E-state index in [1.807, 2.05) is 4.90 Å². The Balaban J connectivity index is 1.39. The van der Waals surface area contributed by atoms with E-state index in [0.717, 1.165) is 17.5 Å². The van der Waals surface area contributed by atoms with Crippen molar-refractivity contribution in [3.8, 4) is 5.75 Å². The third-order valence-electron chi connectivity index (χ3n) is 6.69. The molecular weight excluding hydrogens is 414 g/mol. The van der Waals surface area contributed by atoms with Crippen molar-refractivity contribution in [1.82, 2.24) is 10.2 Å². The maximum Gasteiger partial charge on any atom is 0.222 e. The topological polar surface area (TPSA) is 58.6 Å². The zero-order chi connectivity index (χ0) is 22.7. The highest BCUT2D eigenvalue weighted by Gasteiger charge is 2.39. The zero-order valence-electron chi connectivity index (χ0n) is 18.2. The smallest absolute Gasteiger partial charge is 0.222 e. The second-order valence-corrected chi connectivity index (χ2v) is 8.85. The third-order valence-corrected chi connectivity index (χ3v) is 6.69. The highest BCUT2D eigenvalue weighted by atomic mass is 19.1. The van der Waals surface area contributed by atoms with Crippen LogP contribution >= 0.6 is 0 Å². The largest absolute Gasteiger partial charge is 0.494 e. The highest BCUT2D eigenvalue weighted by Crippen LogP contribution is 2.33. The van der Waals surface area contributed by atoms with Gasteiger partial charge in [-0.25, -0.2) is 8.78 Å². The first-order valence-electron chi connectivity index (χ1n) is 11.0. The Hall–Kier alpha value is -2.96. The molecule has 4 rings (SSSR count). The summed E-state index contributed by atoms with van der Waals surface area (Å²) in [5.41, 5.74) is 1.38. The van der Waals surface area contributed by atoms with Crippen molar-refractivity contribution in [2.24, 2.45) is 0 Å². The predicted molar refractivity (Wildman–Crippen MR) is 116 cm³/mol. The fraction of sp³-hybridized carbons (Fsp3) is 0.440. The van der Waals surface area contributed by atoms with E-state index in [0.29, 0.717) is 45.2 Å². The normalized spacial score (nSPS) is 22.8. The Bertz CT molecular complexity index is 995. The third kappa shape index (κ3) is 4.92. The predicted octanol–water partition coefficient (Wildman–Crippen LogP) is 3.96. The standard InChI is InChI=1S/C25H28F2N2O3/c1-32-22-14-17(2-7-21(22)27)15-25(11-8-23(30)28-25)12-9-24(31)29-13-10-19(16-29)18-3-5-20(26)6-4-18/h2-7,14,19H,8-13,15-16H2,1H3,(H,28,30)/t19-,25-/m0/s1. The first-order valence-corrected chi connectivity index (χ1v) is 11.0. The summed E-state index contributed by atoms with van der Waals surface area (Å²) in [6.45, 7) is 1.30. The van der Waals surface area contributed by atoms with Gasteiger partial charge in [-0.15, -0.1) is 0 Å². The van der Waals surface area contributed by atoms with Crippen LogP contribution < -0.4 is 10.1 Å². The molecule has 2 aromatic rings. The van der Waals surface area contributed by atoms with Crippen LogP contribution in [-0.2, 0) is 16.0 Å². The summed E-state index contributed by atoms with van der Waals surface area (Å²) in [6, 6.07) is 11.2. The van der Waals surface area contributed by atoms with Gasteiger partial charge in [0.05, 0.1) is 7.11 Å². The van der Waals surface area contributed by atoms with E-state index in [1.165, 1.54) is 25.3 Å². The van der Waals surface area contributed by atoms with E-state index < -0.39 is 11.4 Å². The Morgan fingerprint density at radius 3 is 2.69 bits per heavy atom. The lowest BCUT2D eigenvalue weighted by Crippen LogP contribution is -2.44. The molecule has 2 saturated heterocycles. The number of methoxy groups -OCH3 is 1. The van der Waals surface area contributed by atoms with Gasteiger partial charge in [-0.3, -0.25) is 9.59 Å². The zero-order valence-corrected chi connectivity index (χ0v) is 18.2. The average molecular weight is 443 g/mol. The molecule has 0 spiro atoms. The van der Waals surface area contributed by atoms with Gasteiger partial charge < -0.3 is 15.0 Å². The molecule has 32 heavy (non-hydrogen) atoms. The number of rotatable bonds is 7. The van der Waals surface area contributed by atoms with E-state index in [-0.39, 0.29) is 29.3 Å². The number of hydrogen-bond acceptors (Lipinski definition) is 3. The van der Waals surface area contributed by atoms with Crippen LogP contribution in [-0.4, -0.2) is 42.5 Å². The molecule has 0 aliphatic carbocycles. The summed E-state index contributed by atoms with van der Waals surface area (Å²) >= 11 is 0. The number of nitrogens with one attached hydrogen (secondary N) is 1. The van der Waals surface area contributed by atoms with Gasteiger partial charge in [0, 0.05) is 37.4 Å². The van der Waals surface area contributed by atoms with Gasteiger partial charge >= 0.3 is 0 Å². The van der Waals surface area contributed by atoms with E-state index in [9.17, 15) is 18.4 Å². The number of nitrogens with zero attached hydrogens (tertiary/aromatic N) is 1. The van der Waals surface area contributed by atoms with Crippen molar-refractivity contribution in [2.75, 3.05) is 20.2 Å². The van der Waals surface area contributed by atoms with E-state index in [4.69, 9.17) is 4.74 Å². The van der Waals surface area contributed by atoms with E-state index in [2.05, 4.69) is 5.32 Å². The van der Waals surface area contributed by atoms with Gasteiger partial charge in [-0.1, -0.05) is 18.2 Å². The second-order valence-electron chi connectivity index (χ2n) is 8.85. The molecule has 2 aromatic carbocycles. The lowest BCUT2D eigenvalue weighted by molar-refractivity contribution is -0.131. The minimum atomic E-state index is -0.522. The number of ether oxygens (including phenoxy) is 1. The molecule has 0 bridgehead atoms. The van der Waals surface area contributed by atoms with Crippen LogP contribution in [0.3, 0.4) is 0 Å². The fourth-order valence-electron chi connectivity index (χ4n) is 4.89. The number of carbonyl (C=O) groups is 2. The van der Waals surface area contributed by atoms with Crippen LogP contribution in [0.2, 0.25) is 0 Å². The lowest BCUT2D eigenvalue weighted by atomic mass is 9.84. The minimum Gasteiger partial charge on any atom is -0.494 e. The number of carbonyl (C=O) groups excluding carboxylic acids is 2. The van der Waals surface area contributed by atoms with Gasteiger partial charge in [0.25, 0.3) is 0 Å². The molecule has 0 unspecified atom stereocenters. The van der Waals surface area contributed by atoms with Crippen molar-refractivity contribution >= 4 is 11.8 Å². The number of likely N-dealkylation sites (tertiary alicyclic amines) is 1. The number of benzene rings is 2. The van der Waals surface area contributed by atoms with E-state index in [1.54, 1.807) is 24.3 Å². The SMILES string of the molecule is COc1cc(C[C@@]2(CCC(=O)N3CC[C@H](c4ccc(F)cc4)C3)CCC(=O)N2)ccc1F. The van der Waals surface area contributed by atoms with Crippen molar-refractivity contribution in [3.05, 3.63) is 65.2 Å². The maximum atomic E-state index is 13.8. The Kier molecular flexibility index (Phi) is 6.44. The van der Waals surface area contributed by atoms with Gasteiger partial charge in [0.15, 0.2) is 11.6 Å². The van der Waals surface area contributed by atoms with Gasteiger partial charge in [-0.2, -0.15) is 0 Å². The number of halogens is 2. The second kappa shape index (κ2) is 9.27. The van der Waals surface area contributed by atoms with Gasteiger partial charge in [0.1, 0.15) is 5.82 Å². The average Bonchev–Trinajstić information content (AvgIpc) is 3.42. The van der Waals surface area contributed by atoms with Crippen LogP contribution in [0.15, 0.2) is 42.5 Å².